The lowest BCUT2D eigenvalue weighted by Crippen LogP contribution is -2.08. The Labute approximate surface area is 123 Å². The van der Waals surface area contributed by atoms with Crippen LogP contribution in [0.15, 0.2) is 48.5 Å². The fourth-order valence-electron chi connectivity index (χ4n) is 2.26. The van der Waals surface area contributed by atoms with Crippen LogP contribution in [-0.2, 0) is 15.8 Å². The second-order valence-electron chi connectivity index (χ2n) is 5.05. The van der Waals surface area contributed by atoms with Crippen molar-refractivity contribution < 1.29 is 19.1 Å². The van der Waals surface area contributed by atoms with E-state index in [1.165, 1.54) is 0 Å². The Morgan fingerprint density at radius 3 is 2.48 bits per heavy atom. The summed E-state index contributed by atoms with van der Waals surface area (Å²) in [4.78, 5) is 29.3. The lowest BCUT2D eigenvalue weighted by atomic mass is 9.98. The fraction of sp³-hybridized carbons (Fsp3) is 0.188. The Morgan fingerprint density at radius 2 is 1.81 bits per heavy atom. The van der Waals surface area contributed by atoms with Gasteiger partial charge in [-0.25, -0.2) is 0 Å². The molecule has 2 rings (SSSR count). The quantitative estimate of drug-likeness (QED) is 0.833. The molecule has 5 heteroatoms. The highest BCUT2D eigenvalue weighted by Crippen LogP contribution is 2.34. The van der Waals surface area contributed by atoms with Gasteiger partial charge in [0.1, 0.15) is 11.9 Å². The molecule has 0 bridgehead atoms. The van der Waals surface area contributed by atoms with Gasteiger partial charge in [0, 0.05) is 6.42 Å². The molecule has 0 unspecified atom stereocenters. The summed E-state index contributed by atoms with van der Waals surface area (Å²) in [5.41, 5.74) is 3.97. The monoisotopic (exact) mass is 304 g/mol. The number of hydrogen-bond acceptors (Lipinski definition) is 2. The standard InChI is InChI=1S/C16H17O4P/c1-12-5-2-3-8-16(12)14-7-4-6-13(9-14)10-15(17)11-21(18,19)20/h2-9H,10-11H2,1H3,(H2,18,19,20). The van der Waals surface area contributed by atoms with Crippen molar-refractivity contribution >= 4 is 13.4 Å². The Kier molecular flexibility index (Phi) is 4.73. The van der Waals surface area contributed by atoms with Gasteiger partial charge in [0.25, 0.3) is 0 Å². The molecule has 2 N–H and O–H groups in total. The Morgan fingerprint density at radius 1 is 1.10 bits per heavy atom. The Balaban J connectivity index is 2.21. The molecule has 0 aromatic heterocycles. The predicted molar refractivity (Wildman–Crippen MR) is 82.2 cm³/mol. The number of benzene rings is 2. The Hall–Kier alpha value is -1.74. The highest BCUT2D eigenvalue weighted by molar-refractivity contribution is 7.52. The molecule has 110 valence electrons. The molecule has 0 atom stereocenters. The molecule has 2 aromatic rings. The summed E-state index contributed by atoms with van der Waals surface area (Å²) in [6.45, 7) is 2.01. The van der Waals surface area contributed by atoms with E-state index < -0.39 is 19.5 Å². The second-order valence-corrected chi connectivity index (χ2v) is 6.70. The van der Waals surface area contributed by atoms with Crippen LogP contribution in [0.5, 0.6) is 0 Å². The van der Waals surface area contributed by atoms with E-state index in [0.29, 0.717) is 0 Å². The minimum atomic E-state index is -4.29. The van der Waals surface area contributed by atoms with Crippen molar-refractivity contribution in [2.75, 3.05) is 6.16 Å². The van der Waals surface area contributed by atoms with Crippen LogP contribution in [0.4, 0.5) is 0 Å². The first-order chi connectivity index (χ1) is 9.85. The molecule has 2 aromatic carbocycles. The van der Waals surface area contributed by atoms with Crippen LogP contribution in [0.1, 0.15) is 11.1 Å². The topological polar surface area (TPSA) is 74.6 Å². The molecular weight excluding hydrogens is 287 g/mol. The van der Waals surface area contributed by atoms with Gasteiger partial charge in [-0.1, -0.05) is 48.5 Å². The lowest BCUT2D eigenvalue weighted by molar-refractivity contribution is -0.116. The largest absolute Gasteiger partial charge is 0.332 e. The molecule has 4 nitrogen and oxygen atoms in total. The summed E-state index contributed by atoms with van der Waals surface area (Å²) in [7, 11) is -4.29. The summed E-state index contributed by atoms with van der Waals surface area (Å²) in [6, 6.07) is 15.4. The predicted octanol–water partition coefficient (Wildman–Crippen LogP) is 2.95. The number of Topliss-reactive ketones (excluding diaryl/α,β-unsaturated/α-hetero) is 1. The van der Waals surface area contributed by atoms with Gasteiger partial charge in [0.15, 0.2) is 0 Å². The van der Waals surface area contributed by atoms with E-state index in [1.54, 1.807) is 6.07 Å². The van der Waals surface area contributed by atoms with E-state index in [0.717, 1.165) is 22.3 Å². The SMILES string of the molecule is Cc1ccccc1-c1cccc(CC(=O)CP(=O)(O)O)c1. The van der Waals surface area contributed by atoms with Crippen LogP contribution in [0.2, 0.25) is 0 Å². The van der Waals surface area contributed by atoms with Crippen LogP contribution in [0.25, 0.3) is 11.1 Å². The molecule has 0 saturated carbocycles. The number of carbonyl (C=O) groups excluding carboxylic acids is 1. The van der Waals surface area contributed by atoms with Crippen molar-refractivity contribution in [3.8, 4) is 11.1 Å². The lowest BCUT2D eigenvalue weighted by Gasteiger charge is -2.08. The normalized spacial score (nSPS) is 11.4. The van der Waals surface area contributed by atoms with Gasteiger partial charge in [-0.3, -0.25) is 9.36 Å². The maximum atomic E-state index is 11.7. The third kappa shape index (κ3) is 4.64. The number of carbonyl (C=O) groups is 1. The molecule has 0 aliphatic rings. The van der Waals surface area contributed by atoms with E-state index in [9.17, 15) is 9.36 Å². The van der Waals surface area contributed by atoms with Crippen molar-refractivity contribution in [3.63, 3.8) is 0 Å². The Bertz CT molecular complexity index is 703. The molecule has 0 spiro atoms. The van der Waals surface area contributed by atoms with Crippen molar-refractivity contribution in [2.24, 2.45) is 0 Å². The molecule has 0 aliphatic heterocycles. The molecule has 21 heavy (non-hydrogen) atoms. The van der Waals surface area contributed by atoms with Crippen molar-refractivity contribution in [1.29, 1.82) is 0 Å². The first-order valence-corrected chi connectivity index (χ1v) is 8.36. The van der Waals surface area contributed by atoms with Crippen LogP contribution >= 0.6 is 7.60 Å². The molecule has 0 amide bonds. The third-order valence-corrected chi connectivity index (χ3v) is 3.93. The summed E-state index contributed by atoms with van der Waals surface area (Å²) in [5.74, 6) is -0.453. The van der Waals surface area contributed by atoms with E-state index in [2.05, 4.69) is 0 Å². The summed E-state index contributed by atoms with van der Waals surface area (Å²) < 4.78 is 10.8. The van der Waals surface area contributed by atoms with Gasteiger partial charge in [-0.15, -0.1) is 0 Å². The number of rotatable bonds is 5. The van der Waals surface area contributed by atoms with E-state index in [4.69, 9.17) is 9.79 Å². The zero-order chi connectivity index (χ0) is 15.5. The molecule has 0 radical (unpaired) electrons. The number of aryl methyl sites for hydroxylation is 1. The number of hydrogen-bond donors (Lipinski definition) is 2. The second kappa shape index (κ2) is 6.35. The highest BCUT2D eigenvalue weighted by atomic mass is 31.2. The smallest absolute Gasteiger partial charge is 0.324 e. The van der Waals surface area contributed by atoms with Crippen molar-refractivity contribution in [2.45, 2.75) is 13.3 Å². The van der Waals surface area contributed by atoms with Gasteiger partial charge >= 0.3 is 7.60 Å². The van der Waals surface area contributed by atoms with Crippen molar-refractivity contribution in [1.82, 2.24) is 0 Å². The molecule has 0 aliphatic carbocycles. The molecule has 0 saturated heterocycles. The third-order valence-electron chi connectivity index (χ3n) is 3.17. The summed E-state index contributed by atoms with van der Waals surface area (Å²) in [5, 5.41) is 0. The van der Waals surface area contributed by atoms with E-state index in [-0.39, 0.29) is 6.42 Å². The van der Waals surface area contributed by atoms with Gasteiger partial charge in [-0.2, -0.15) is 0 Å². The van der Waals surface area contributed by atoms with Crippen LogP contribution < -0.4 is 0 Å². The molecule has 0 fully saturated rings. The number of ketones is 1. The molecular formula is C16H17O4P. The first-order valence-electron chi connectivity index (χ1n) is 6.56. The maximum Gasteiger partial charge on any atom is 0.332 e. The molecule has 0 heterocycles. The zero-order valence-electron chi connectivity index (χ0n) is 11.7. The first kappa shape index (κ1) is 15.6. The minimum absolute atomic E-state index is 0.0326. The zero-order valence-corrected chi connectivity index (χ0v) is 12.6. The average molecular weight is 304 g/mol. The van der Waals surface area contributed by atoms with Crippen molar-refractivity contribution in [3.05, 3.63) is 59.7 Å². The van der Waals surface area contributed by atoms with Gasteiger partial charge in [0.2, 0.25) is 0 Å². The van der Waals surface area contributed by atoms with E-state index >= 15 is 0 Å². The van der Waals surface area contributed by atoms with Gasteiger partial charge in [-0.05, 0) is 29.2 Å². The van der Waals surface area contributed by atoms with Crippen LogP contribution in [0.3, 0.4) is 0 Å². The highest BCUT2D eigenvalue weighted by Gasteiger charge is 2.19. The fourth-order valence-corrected chi connectivity index (χ4v) is 2.83. The van der Waals surface area contributed by atoms with Crippen LogP contribution in [0, 0.1) is 6.92 Å². The van der Waals surface area contributed by atoms with Gasteiger partial charge in [0.05, 0.1) is 0 Å². The van der Waals surface area contributed by atoms with E-state index in [1.807, 2.05) is 49.4 Å². The maximum absolute atomic E-state index is 11.7. The summed E-state index contributed by atoms with van der Waals surface area (Å²) in [6.07, 6.45) is -0.674. The summed E-state index contributed by atoms with van der Waals surface area (Å²) >= 11 is 0. The van der Waals surface area contributed by atoms with Gasteiger partial charge < -0.3 is 9.79 Å². The van der Waals surface area contributed by atoms with Crippen LogP contribution in [-0.4, -0.2) is 21.7 Å². The average Bonchev–Trinajstić information content (AvgIpc) is 2.37. The minimum Gasteiger partial charge on any atom is -0.324 e.